The number of guanidine groups is 1. The van der Waals surface area contributed by atoms with Gasteiger partial charge in [0.2, 0.25) is 0 Å². The van der Waals surface area contributed by atoms with Crippen molar-refractivity contribution in [3.63, 3.8) is 0 Å². The van der Waals surface area contributed by atoms with Crippen LogP contribution in [-0.2, 0) is 4.74 Å². The second kappa shape index (κ2) is 11.9. The highest BCUT2D eigenvalue weighted by molar-refractivity contribution is 14.0. The van der Waals surface area contributed by atoms with E-state index < -0.39 is 0 Å². The van der Waals surface area contributed by atoms with Crippen LogP contribution in [0.25, 0.3) is 0 Å². The number of ether oxygens (including phenoxy) is 1. The summed E-state index contributed by atoms with van der Waals surface area (Å²) >= 11 is 0. The fourth-order valence-electron chi connectivity index (χ4n) is 4.10. The van der Waals surface area contributed by atoms with E-state index in [-0.39, 0.29) is 29.8 Å². The molecule has 2 unspecified atom stereocenters. The van der Waals surface area contributed by atoms with Gasteiger partial charge in [0.1, 0.15) is 5.82 Å². The summed E-state index contributed by atoms with van der Waals surface area (Å²) in [6.45, 7) is 9.75. The zero-order chi connectivity index (χ0) is 19.9. The van der Waals surface area contributed by atoms with Crippen LogP contribution in [0.4, 0.5) is 10.1 Å². The van der Waals surface area contributed by atoms with Gasteiger partial charge in [0.25, 0.3) is 0 Å². The first-order chi connectivity index (χ1) is 13.6. The molecule has 164 valence electrons. The Labute approximate surface area is 191 Å². The molecule has 2 heterocycles. The molecular formula is C21H35FIN5O. The van der Waals surface area contributed by atoms with E-state index in [1.54, 1.807) is 12.1 Å². The molecule has 1 aromatic carbocycles. The number of hydrogen-bond donors (Lipinski definition) is 2. The summed E-state index contributed by atoms with van der Waals surface area (Å²) in [7, 11) is 1.82. The van der Waals surface area contributed by atoms with E-state index in [0.717, 1.165) is 63.9 Å². The molecule has 2 aliphatic heterocycles. The fourth-order valence-corrected chi connectivity index (χ4v) is 4.10. The second-order valence-electron chi connectivity index (χ2n) is 7.85. The monoisotopic (exact) mass is 519 g/mol. The molecule has 0 spiro atoms. The molecule has 0 aliphatic carbocycles. The fraction of sp³-hybridized carbons (Fsp3) is 0.667. The minimum Gasteiger partial charge on any atom is -0.379 e. The van der Waals surface area contributed by atoms with Gasteiger partial charge in [-0.1, -0.05) is 6.07 Å². The first-order valence-electron chi connectivity index (χ1n) is 10.4. The molecular weight excluding hydrogens is 484 g/mol. The average Bonchev–Trinajstić information content (AvgIpc) is 2.71. The Kier molecular flexibility index (Phi) is 9.91. The van der Waals surface area contributed by atoms with E-state index in [4.69, 9.17) is 4.74 Å². The van der Waals surface area contributed by atoms with Crippen molar-refractivity contribution < 1.29 is 9.13 Å². The van der Waals surface area contributed by atoms with E-state index >= 15 is 0 Å². The Bertz CT molecular complexity index is 654. The third kappa shape index (κ3) is 6.96. The molecule has 0 aromatic heterocycles. The molecule has 1 aromatic rings. The Balaban J connectivity index is 0.00000300. The highest BCUT2D eigenvalue weighted by atomic mass is 127. The molecule has 29 heavy (non-hydrogen) atoms. The summed E-state index contributed by atoms with van der Waals surface area (Å²) in [5.41, 5.74) is 0.967. The molecule has 2 atom stereocenters. The predicted octanol–water partition coefficient (Wildman–Crippen LogP) is 2.69. The SMILES string of the molecule is CN=C(NCC(C)N1CCOCC1C)NC1CCN(c2cccc(F)c2)CC1.I. The number of nitrogens with one attached hydrogen (secondary N) is 2. The van der Waals surface area contributed by atoms with Gasteiger partial charge in [-0.3, -0.25) is 9.89 Å². The Morgan fingerprint density at radius 3 is 2.72 bits per heavy atom. The average molecular weight is 519 g/mol. The number of halogens is 2. The summed E-state index contributed by atoms with van der Waals surface area (Å²) in [4.78, 5) is 9.13. The largest absolute Gasteiger partial charge is 0.379 e. The van der Waals surface area contributed by atoms with Gasteiger partial charge in [-0.15, -0.1) is 24.0 Å². The van der Waals surface area contributed by atoms with Gasteiger partial charge in [-0.25, -0.2) is 4.39 Å². The van der Waals surface area contributed by atoms with Crippen molar-refractivity contribution in [1.82, 2.24) is 15.5 Å². The summed E-state index contributed by atoms with van der Waals surface area (Å²) in [5, 5.41) is 7.03. The smallest absolute Gasteiger partial charge is 0.191 e. The third-order valence-electron chi connectivity index (χ3n) is 5.78. The van der Waals surface area contributed by atoms with Crippen molar-refractivity contribution in [1.29, 1.82) is 0 Å². The van der Waals surface area contributed by atoms with Crippen LogP contribution in [0.15, 0.2) is 29.3 Å². The molecule has 0 radical (unpaired) electrons. The number of nitrogens with zero attached hydrogens (tertiary/aromatic N) is 3. The maximum absolute atomic E-state index is 13.5. The predicted molar refractivity (Wildman–Crippen MR) is 128 cm³/mol. The van der Waals surface area contributed by atoms with Gasteiger partial charge < -0.3 is 20.3 Å². The van der Waals surface area contributed by atoms with Crippen LogP contribution < -0.4 is 15.5 Å². The molecule has 3 rings (SSSR count). The van der Waals surface area contributed by atoms with Crippen LogP contribution in [0.1, 0.15) is 26.7 Å². The number of hydrogen-bond acceptors (Lipinski definition) is 4. The quantitative estimate of drug-likeness (QED) is 0.356. The molecule has 2 fully saturated rings. The standard InChI is InChI=1S/C21H34FN5O.HI/c1-16(27-11-12-28-15-17(27)2)14-24-21(23-3)25-19-7-9-26(10-8-19)20-6-4-5-18(22)13-20;/h4-6,13,16-17,19H,7-12,14-15H2,1-3H3,(H2,23,24,25);1H. The molecule has 2 saturated heterocycles. The highest BCUT2D eigenvalue weighted by Crippen LogP contribution is 2.20. The molecule has 2 aliphatic rings. The number of anilines is 1. The minimum atomic E-state index is -0.175. The number of piperidine rings is 1. The van der Waals surface area contributed by atoms with Crippen molar-refractivity contribution in [3.8, 4) is 0 Å². The van der Waals surface area contributed by atoms with Crippen LogP contribution in [-0.4, -0.2) is 75.4 Å². The van der Waals surface area contributed by atoms with Gasteiger partial charge >= 0.3 is 0 Å². The zero-order valence-corrected chi connectivity index (χ0v) is 20.1. The van der Waals surface area contributed by atoms with Gasteiger partial charge in [-0.05, 0) is 44.9 Å². The van der Waals surface area contributed by atoms with Crippen LogP contribution in [0.3, 0.4) is 0 Å². The minimum absolute atomic E-state index is 0. The lowest BCUT2D eigenvalue weighted by Crippen LogP contribution is -2.54. The van der Waals surface area contributed by atoms with E-state index in [1.807, 2.05) is 13.1 Å². The molecule has 0 saturated carbocycles. The van der Waals surface area contributed by atoms with Gasteiger partial charge in [0.05, 0.1) is 13.2 Å². The maximum atomic E-state index is 13.5. The van der Waals surface area contributed by atoms with Crippen LogP contribution in [0.5, 0.6) is 0 Å². The van der Waals surface area contributed by atoms with Crippen molar-refractivity contribution in [3.05, 3.63) is 30.1 Å². The van der Waals surface area contributed by atoms with E-state index in [9.17, 15) is 4.39 Å². The third-order valence-corrected chi connectivity index (χ3v) is 5.78. The zero-order valence-electron chi connectivity index (χ0n) is 17.7. The molecule has 8 heteroatoms. The number of rotatable bonds is 5. The lowest BCUT2D eigenvalue weighted by molar-refractivity contribution is -0.0174. The topological polar surface area (TPSA) is 52.1 Å². The van der Waals surface area contributed by atoms with Crippen LogP contribution in [0.2, 0.25) is 0 Å². The normalized spacial score (nSPS) is 22.7. The Morgan fingerprint density at radius 2 is 2.07 bits per heavy atom. The van der Waals surface area contributed by atoms with Gasteiger partial charge in [0.15, 0.2) is 5.96 Å². The van der Waals surface area contributed by atoms with E-state index in [0.29, 0.717) is 18.1 Å². The summed E-state index contributed by atoms with van der Waals surface area (Å²) < 4.78 is 19.0. The van der Waals surface area contributed by atoms with Crippen molar-refractivity contribution in [2.45, 2.75) is 44.8 Å². The van der Waals surface area contributed by atoms with Crippen LogP contribution >= 0.6 is 24.0 Å². The van der Waals surface area contributed by atoms with Crippen molar-refractivity contribution >= 4 is 35.6 Å². The highest BCUT2D eigenvalue weighted by Gasteiger charge is 2.24. The maximum Gasteiger partial charge on any atom is 0.191 e. The summed E-state index contributed by atoms with van der Waals surface area (Å²) in [5.74, 6) is 0.683. The number of morpholine rings is 1. The first-order valence-corrected chi connectivity index (χ1v) is 10.4. The molecule has 0 bridgehead atoms. The van der Waals surface area contributed by atoms with Crippen molar-refractivity contribution in [2.75, 3.05) is 51.3 Å². The van der Waals surface area contributed by atoms with Gasteiger partial charge in [-0.2, -0.15) is 0 Å². The molecule has 6 nitrogen and oxygen atoms in total. The molecule has 0 amide bonds. The second-order valence-corrected chi connectivity index (χ2v) is 7.85. The van der Waals surface area contributed by atoms with Crippen molar-refractivity contribution in [2.24, 2.45) is 4.99 Å². The Morgan fingerprint density at radius 1 is 1.31 bits per heavy atom. The lowest BCUT2D eigenvalue weighted by atomic mass is 10.0. The Hall–Kier alpha value is -1.13. The van der Waals surface area contributed by atoms with E-state index in [2.05, 4.69) is 39.3 Å². The van der Waals surface area contributed by atoms with Gasteiger partial charge in [0, 0.05) is 57.0 Å². The first kappa shape index (κ1) is 24.1. The number of benzene rings is 1. The number of aliphatic imine (C=N–C) groups is 1. The van der Waals surface area contributed by atoms with E-state index in [1.165, 1.54) is 6.07 Å². The van der Waals surface area contributed by atoms with Crippen LogP contribution in [0, 0.1) is 5.82 Å². The summed E-state index contributed by atoms with van der Waals surface area (Å²) in [6, 6.07) is 8.12. The molecule has 2 N–H and O–H groups in total. The lowest BCUT2D eigenvalue weighted by Gasteiger charge is -2.38. The summed E-state index contributed by atoms with van der Waals surface area (Å²) in [6.07, 6.45) is 2.01.